The molecule has 0 aromatic carbocycles. The largest absolute Gasteiger partial charge is 0.469 e. The molecule has 0 bridgehead atoms. The van der Waals surface area contributed by atoms with Gasteiger partial charge in [0.15, 0.2) is 6.29 Å². The summed E-state index contributed by atoms with van der Waals surface area (Å²) >= 11 is 0. The van der Waals surface area contributed by atoms with Crippen LogP contribution in [0.15, 0.2) is 61.3 Å². The highest BCUT2D eigenvalue weighted by molar-refractivity contribution is 5.73. The molecule has 2 rings (SSSR count). The lowest BCUT2D eigenvalue weighted by Crippen LogP contribution is -2.28. The molecule has 0 saturated carbocycles. The minimum Gasteiger partial charge on any atom is -0.469 e. The van der Waals surface area contributed by atoms with Crippen LogP contribution in [0.4, 0.5) is 0 Å². The van der Waals surface area contributed by atoms with Gasteiger partial charge >= 0.3 is 103 Å². The summed E-state index contributed by atoms with van der Waals surface area (Å²) in [4.78, 5) is 231. The van der Waals surface area contributed by atoms with Crippen LogP contribution in [-0.2, 0) is 177 Å². The van der Waals surface area contributed by atoms with E-state index in [0.29, 0.717) is 51.0 Å². The lowest BCUT2D eigenvalue weighted by Gasteiger charge is -2.13. The highest BCUT2D eigenvalue weighted by atomic mass is 16.7. The molecule has 124 heavy (non-hydrogen) atoms. The molecule has 0 amide bonds. The van der Waals surface area contributed by atoms with Gasteiger partial charge in [-0.2, -0.15) is 86.3 Å². The van der Waals surface area contributed by atoms with Gasteiger partial charge in [-0.15, -0.1) is 6.58 Å². The number of methoxy groups -OCH3 is 8. The molecule has 2 saturated heterocycles. The van der Waals surface area contributed by atoms with Gasteiger partial charge in [0.1, 0.15) is 0 Å². The first-order chi connectivity index (χ1) is 59.0. The van der Waals surface area contributed by atoms with Crippen LogP contribution in [0.3, 0.4) is 0 Å². The van der Waals surface area contributed by atoms with E-state index in [0.717, 1.165) is 44.9 Å². The Kier molecular flexibility index (Phi) is 174. The number of hydrogen-bond donors (Lipinski definition) is 4. The maximum Gasteiger partial charge on any atom is 0.373 e. The maximum atomic E-state index is 11.0. The molecule has 2 aliphatic rings. The third kappa shape index (κ3) is 173. The van der Waals surface area contributed by atoms with E-state index in [4.69, 9.17) is 121 Å². The van der Waals surface area contributed by atoms with E-state index in [1.54, 1.807) is 13.8 Å². The Hall–Kier alpha value is -11.4. The van der Waals surface area contributed by atoms with Crippen LogP contribution in [0.1, 0.15) is 255 Å². The van der Waals surface area contributed by atoms with Crippen LogP contribution in [0.5, 0.6) is 0 Å². The van der Waals surface area contributed by atoms with Crippen LogP contribution < -0.4 is 0 Å². The van der Waals surface area contributed by atoms with E-state index in [1.807, 2.05) is 77.2 Å². The minimum atomic E-state index is -1.01. The van der Waals surface area contributed by atoms with E-state index in [-0.39, 0.29) is 135 Å². The summed E-state index contributed by atoms with van der Waals surface area (Å²) in [6.45, 7) is 23.4. The molecule has 0 aromatic rings. The van der Waals surface area contributed by atoms with Gasteiger partial charge < -0.3 is 72.5 Å². The zero-order chi connectivity index (χ0) is 99.8. The molecule has 9 atom stereocenters. The number of epoxide rings is 1. The molecule has 2 heterocycles. The zero-order valence-corrected chi connectivity index (χ0v) is 75.0. The van der Waals surface area contributed by atoms with Gasteiger partial charge in [0.2, 0.25) is 0 Å². The summed E-state index contributed by atoms with van der Waals surface area (Å²) in [6.07, 6.45) is 41.7. The molecule has 2 aliphatic heterocycles. The summed E-state index contributed by atoms with van der Waals surface area (Å²) in [5.41, 5.74) is 0. The molecule has 1 unspecified atom stereocenters. The summed E-state index contributed by atoms with van der Waals surface area (Å²) in [5.74, 6) is -2.13. The van der Waals surface area contributed by atoms with Crippen LogP contribution in [0, 0.1) is 0 Å². The van der Waals surface area contributed by atoms with Gasteiger partial charge in [-0.1, -0.05) is 181 Å². The lowest BCUT2D eigenvalue weighted by atomic mass is 10.1. The maximum absolute atomic E-state index is 11.0. The van der Waals surface area contributed by atoms with Crippen molar-refractivity contribution in [2.45, 2.75) is 311 Å². The van der Waals surface area contributed by atoms with E-state index in [9.17, 15) is 38.4 Å². The highest BCUT2D eigenvalue weighted by Crippen LogP contribution is 2.28. The summed E-state index contributed by atoms with van der Waals surface area (Å²) < 4.78 is 51.5. The predicted molar refractivity (Wildman–Crippen MR) is 425 cm³/mol. The number of carbonyl (C=O) groups excluding carboxylic acids is 26. The molecular formula is C83H136O41. The summed E-state index contributed by atoms with van der Waals surface area (Å²) in [7, 11) is 10.9. The van der Waals surface area contributed by atoms with Crippen molar-refractivity contribution in [1.82, 2.24) is 0 Å². The molecule has 41 nitrogen and oxygen atoms in total. The van der Waals surface area contributed by atoms with E-state index < -0.39 is 36.4 Å². The van der Waals surface area contributed by atoms with Gasteiger partial charge in [0.25, 0.3) is 0 Å². The van der Waals surface area contributed by atoms with Gasteiger partial charge in [0.05, 0.1) is 157 Å². The fraction of sp³-hybridized carbons (Fsp3) is 0.675. The zero-order valence-electron chi connectivity index (χ0n) is 75.0. The number of carbonyl (C=O) groups is 8. The Bertz CT molecular complexity index is 2620. The Morgan fingerprint density at radius 3 is 0.710 bits per heavy atom. The van der Waals surface area contributed by atoms with Gasteiger partial charge in [0, 0.05) is 0 Å². The molecule has 0 radical (unpaired) electrons. The molecule has 0 aliphatic carbocycles. The van der Waals surface area contributed by atoms with Crippen molar-refractivity contribution in [2.24, 2.45) is 0 Å². The number of aliphatic hydroxyl groups is 4. The highest BCUT2D eigenvalue weighted by Gasteiger charge is 2.39. The molecule has 41 heteroatoms. The average molecular weight is 1790 g/mol. The molecule has 0 aromatic heterocycles. The number of ether oxygens (including phenoxy) is 11. The predicted octanol–water partition coefficient (Wildman–Crippen LogP) is 8.25. The Morgan fingerprint density at radius 1 is 0.298 bits per heavy atom. The third-order valence-corrected chi connectivity index (χ3v) is 13.7. The molecule has 4 N–H and O–H groups in total. The first kappa shape index (κ1) is 150. The first-order valence-corrected chi connectivity index (χ1v) is 38.4. The first-order valence-electron chi connectivity index (χ1n) is 38.4. The summed E-state index contributed by atoms with van der Waals surface area (Å²) in [5, 5.41) is 36.2. The minimum absolute atomic E-state index is 0.0223. The molecule has 714 valence electrons. The third-order valence-electron chi connectivity index (χ3n) is 13.7. The Balaban J connectivity index is -0.0000000734. The smallest absolute Gasteiger partial charge is 0.373 e. The Labute approximate surface area is 726 Å². The van der Waals surface area contributed by atoms with Crippen molar-refractivity contribution in [3.63, 3.8) is 0 Å². The van der Waals surface area contributed by atoms with Crippen molar-refractivity contribution in [3.8, 4) is 0 Å². The number of esters is 8. The van der Waals surface area contributed by atoms with Gasteiger partial charge in [-0.05, 0) is 77.6 Å². The van der Waals surface area contributed by atoms with Gasteiger partial charge in [-0.3, -0.25) is 38.4 Å². The fourth-order valence-corrected chi connectivity index (χ4v) is 7.48. The number of unbranched alkanes of at least 4 members (excludes halogenated alkanes) is 12. The van der Waals surface area contributed by atoms with E-state index in [1.165, 1.54) is 134 Å². The SMILES string of the molecule is C=CCC.CC/C=C\CC(=O)OC.CC/C=C\CC(=O)OC.CCCCCCCC/C=C/CC(=O)OC.CCCCCCCC/C=C/CC(=O)OC.CC[C@@H]1OC(C)O[C@H]1CC(=O)OC.CC[C@H](O)[C@@H](O)CC(=O)OC.CC[C@H](O)[C@@H](O)CC(=O)OC.CC[C@H]1O[C@H]1CC(=O)OC.O=C=O.O=C=O.O=C=O.O=C=O.O=C=O.O=C=O.O=C=O.O=C=O.O=C=O. The normalized spacial score (nSPS) is 13.5. The van der Waals surface area contributed by atoms with Crippen molar-refractivity contribution < 1.29 is 197 Å². The Morgan fingerprint density at radius 2 is 0.508 bits per heavy atom. The van der Waals surface area contributed by atoms with Gasteiger partial charge in [-0.25, -0.2) is 0 Å². The number of rotatable bonds is 39. The van der Waals surface area contributed by atoms with Crippen LogP contribution in [0.2, 0.25) is 0 Å². The standard InChI is InChI=1S/2C13H24O2.C9H16O4.2C7H14O4.C7H12O3.2C7H12O2.C4H8.9CO2/c2*1-3-4-5-6-7-8-9-10-11-12-13(14)15-2;1-4-7-8(5-9(10)11-3)13-6(2)12-7;2*1-3-5(8)6(9)4-7(10)11-2;1-3-5-6(10-5)4-7(8)9-2;2*1-3-4-5-6-7(8)9-2;1-3-4-2;9*2-1-3/h2*10-11H,3-9,12H2,1-2H3;6-8H,4-5H2,1-3H3;2*5-6,8-9H,3-4H2,1-2H3;5-6H,3-4H2,1-2H3;2*4-5H,3,6H2,1-2H3;3H,1,4H2,2H3;;;;;;;;;/b2*11-10+;;;;;2*5-4-;;;;;;;;;;/t;;6?,7-,8-;2*5-,6-;5-,6+;;;;;;;;;;;;/m..0001............/s1. The topological polar surface area (TPSA) is 630 Å². The van der Waals surface area contributed by atoms with Crippen LogP contribution in [0.25, 0.3) is 0 Å². The lowest BCUT2D eigenvalue weighted by molar-refractivity contribution is -0.193. The van der Waals surface area contributed by atoms with Crippen LogP contribution in [-0.4, -0.2) is 236 Å². The van der Waals surface area contributed by atoms with Crippen molar-refractivity contribution in [3.05, 3.63) is 61.3 Å². The van der Waals surface area contributed by atoms with E-state index >= 15 is 0 Å². The second-order valence-corrected chi connectivity index (χ2v) is 22.5. The molecule has 0 spiro atoms. The average Bonchev–Trinajstić information content (AvgIpc) is 1.72. The van der Waals surface area contributed by atoms with Crippen molar-refractivity contribution >= 4 is 103 Å². The number of hydrogen-bond acceptors (Lipinski definition) is 41. The molecule has 2 fully saturated rings. The van der Waals surface area contributed by atoms with E-state index in [2.05, 4.69) is 77.4 Å². The van der Waals surface area contributed by atoms with Crippen LogP contribution >= 0.6 is 0 Å². The molecular weight excluding hydrogens is 1650 g/mol. The quantitative estimate of drug-likeness (QED) is 0.0148. The number of aliphatic hydroxyl groups excluding tert-OH is 4. The second kappa shape index (κ2) is 143. The van der Waals surface area contributed by atoms with Crippen molar-refractivity contribution in [1.29, 1.82) is 0 Å². The fourth-order valence-electron chi connectivity index (χ4n) is 7.48. The monoisotopic (exact) mass is 1790 g/mol. The second-order valence-electron chi connectivity index (χ2n) is 22.5. The summed E-state index contributed by atoms with van der Waals surface area (Å²) in [6, 6.07) is 0. The number of allylic oxidation sites excluding steroid dienone is 5. The van der Waals surface area contributed by atoms with Crippen molar-refractivity contribution in [2.75, 3.05) is 56.9 Å².